The lowest BCUT2D eigenvalue weighted by Crippen LogP contribution is -2.32. The van der Waals surface area contributed by atoms with Crippen LogP contribution in [0.5, 0.6) is 11.5 Å². The Labute approximate surface area is 181 Å². The second kappa shape index (κ2) is 8.45. The Morgan fingerprint density at radius 1 is 1.10 bits per heavy atom. The number of benzene rings is 2. The van der Waals surface area contributed by atoms with Crippen molar-refractivity contribution in [3.8, 4) is 11.5 Å². The first-order valence-electron chi connectivity index (χ1n) is 9.79. The number of methoxy groups -OCH3 is 1. The third-order valence-corrected chi connectivity index (χ3v) is 7.54. The lowest BCUT2D eigenvalue weighted by molar-refractivity contribution is 0.0792. The Morgan fingerprint density at radius 2 is 1.87 bits per heavy atom. The van der Waals surface area contributed by atoms with Crippen LogP contribution in [0.25, 0.3) is 0 Å². The van der Waals surface area contributed by atoms with E-state index in [1.165, 1.54) is 29.6 Å². The predicted octanol–water partition coefficient (Wildman–Crippen LogP) is 3.17. The summed E-state index contributed by atoms with van der Waals surface area (Å²) in [6, 6.07) is 9.62. The van der Waals surface area contributed by atoms with Gasteiger partial charge in [0.1, 0.15) is 18.1 Å². The highest BCUT2D eigenvalue weighted by Gasteiger charge is 2.29. The third-order valence-electron chi connectivity index (χ3n) is 5.41. The Kier molecular flexibility index (Phi) is 5.90. The maximum Gasteiger partial charge on any atom is 0.253 e. The van der Waals surface area contributed by atoms with Crippen LogP contribution in [0.2, 0.25) is 5.02 Å². The summed E-state index contributed by atoms with van der Waals surface area (Å²) in [7, 11) is -2.33. The fraction of sp³-hybridized carbons (Fsp3) is 0.381. The van der Waals surface area contributed by atoms with E-state index in [1.807, 2.05) is 4.90 Å². The second-order valence-electron chi connectivity index (χ2n) is 7.31. The summed E-state index contributed by atoms with van der Waals surface area (Å²) in [6.07, 6.45) is 2.02. The van der Waals surface area contributed by atoms with Crippen molar-refractivity contribution in [1.82, 2.24) is 9.21 Å². The molecule has 1 fully saturated rings. The van der Waals surface area contributed by atoms with Gasteiger partial charge in [-0.1, -0.05) is 11.6 Å². The number of ether oxygens (including phenoxy) is 2. The molecule has 9 heteroatoms. The van der Waals surface area contributed by atoms with Crippen molar-refractivity contribution < 1.29 is 22.7 Å². The smallest absolute Gasteiger partial charge is 0.253 e. The first kappa shape index (κ1) is 21.0. The molecule has 30 heavy (non-hydrogen) atoms. The average molecular weight is 451 g/mol. The van der Waals surface area contributed by atoms with E-state index in [-0.39, 0.29) is 35.5 Å². The van der Waals surface area contributed by atoms with Crippen molar-refractivity contribution in [2.75, 3.05) is 33.4 Å². The molecule has 1 amide bonds. The van der Waals surface area contributed by atoms with E-state index in [2.05, 4.69) is 0 Å². The van der Waals surface area contributed by atoms with Gasteiger partial charge in [-0.2, -0.15) is 4.31 Å². The van der Waals surface area contributed by atoms with Gasteiger partial charge in [0.25, 0.3) is 5.91 Å². The number of hydrogen-bond acceptors (Lipinski definition) is 5. The molecule has 2 aromatic carbocycles. The molecule has 0 unspecified atom stereocenters. The number of sulfonamides is 1. The number of carbonyl (C=O) groups excluding carboxylic acids is 1. The molecular formula is C21H23ClN2O5S. The Hall–Kier alpha value is -2.29. The van der Waals surface area contributed by atoms with Crippen LogP contribution in [0.4, 0.5) is 0 Å². The number of rotatable bonds is 4. The zero-order valence-electron chi connectivity index (χ0n) is 16.6. The molecule has 2 aliphatic heterocycles. The first-order chi connectivity index (χ1) is 14.4. The maximum absolute atomic E-state index is 13.2. The SMILES string of the molecule is COc1ccc(S(=O)(=O)N2CCOc3ccc(C(=O)N4CCCC4)cc3C2)cc1Cl. The van der Waals surface area contributed by atoms with Crippen molar-refractivity contribution in [2.24, 2.45) is 0 Å². The standard InChI is InChI=1S/C21H23ClN2O5S/c1-28-20-7-5-17(13-18(20)22)30(26,27)24-10-11-29-19-6-4-15(12-16(19)14-24)21(25)23-8-2-3-9-23/h4-7,12-13H,2-3,8-11,14H2,1H3. The quantitative estimate of drug-likeness (QED) is 0.715. The number of carbonyl (C=O) groups is 1. The van der Waals surface area contributed by atoms with Gasteiger partial charge >= 0.3 is 0 Å². The van der Waals surface area contributed by atoms with Crippen LogP contribution in [0.15, 0.2) is 41.3 Å². The lowest BCUT2D eigenvalue weighted by atomic mass is 10.1. The first-order valence-corrected chi connectivity index (χ1v) is 11.6. The molecule has 0 bridgehead atoms. The second-order valence-corrected chi connectivity index (χ2v) is 9.65. The molecule has 7 nitrogen and oxygen atoms in total. The minimum absolute atomic E-state index is 0.0316. The van der Waals surface area contributed by atoms with Crippen LogP contribution in [-0.4, -0.2) is 56.9 Å². The van der Waals surface area contributed by atoms with Gasteiger partial charge < -0.3 is 14.4 Å². The van der Waals surface area contributed by atoms with E-state index in [0.717, 1.165) is 25.9 Å². The highest BCUT2D eigenvalue weighted by Crippen LogP contribution is 2.31. The molecule has 160 valence electrons. The third kappa shape index (κ3) is 3.99. The van der Waals surface area contributed by atoms with Gasteiger partial charge in [-0.3, -0.25) is 4.79 Å². The number of hydrogen-bond donors (Lipinski definition) is 0. The highest BCUT2D eigenvalue weighted by molar-refractivity contribution is 7.89. The summed E-state index contributed by atoms with van der Waals surface area (Å²) in [4.78, 5) is 14.7. The molecule has 0 N–H and O–H groups in total. The molecule has 1 saturated heterocycles. The Bertz CT molecular complexity index is 1070. The number of halogens is 1. The van der Waals surface area contributed by atoms with Crippen molar-refractivity contribution in [2.45, 2.75) is 24.3 Å². The van der Waals surface area contributed by atoms with Crippen molar-refractivity contribution in [1.29, 1.82) is 0 Å². The fourth-order valence-corrected chi connectivity index (χ4v) is 5.52. The maximum atomic E-state index is 13.2. The molecule has 2 aliphatic rings. The van der Waals surface area contributed by atoms with Crippen LogP contribution in [0.3, 0.4) is 0 Å². The van der Waals surface area contributed by atoms with E-state index in [1.54, 1.807) is 18.2 Å². The molecule has 0 radical (unpaired) electrons. The number of amides is 1. The molecule has 2 aromatic rings. The van der Waals surface area contributed by atoms with Gasteiger partial charge in [-0.25, -0.2) is 8.42 Å². The van der Waals surface area contributed by atoms with E-state index >= 15 is 0 Å². The summed E-state index contributed by atoms with van der Waals surface area (Å²) < 4.78 is 38.7. The van der Waals surface area contributed by atoms with E-state index in [4.69, 9.17) is 21.1 Å². The van der Waals surface area contributed by atoms with Gasteiger partial charge in [-0.05, 0) is 49.2 Å². The largest absolute Gasteiger partial charge is 0.495 e. The minimum Gasteiger partial charge on any atom is -0.495 e. The van der Waals surface area contributed by atoms with E-state index in [0.29, 0.717) is 22.6 Å². The number of nitrogens with zero attached hydrogens (tertiary/aromatic N) is 2. The minimum atomic E-state index is -3.81. The Balaban J connectivity index is 1.62. The monoisotopic (exact) mass is 450 g/mol. The van der Waals surface area contributed by atoms with Crippen LogP contribution >= 0.6 is 11.6 Å². The average Bonchev–Trinajstić information content (AvgIpc) is 3.19. The van der Waals surface area contributed by atoms with Gasteiger partial charge in [-0.15, -0.1) is 0 Å². The van der Waals surface area contributed by atoms with Crippen LogP contribution < -0.4 is 9.47 Å². The van der Waals surface area contributed by atoms with Crippen LogP contribution in [-0.2, 0) is 16.6 Å². The van der Waals surface area contributed by atoms with Gasteiger partial charge in [0.15, 0.2) is 0 Å². The molecule has 0 saturated carbocycles. The summed E-state index contributed by atoms with van der Waals surface area (Å²) in [5.74, 6) is 0.972. The van der Waals surface area contributed by atoms with E-state index < -0.39 is 10.0 Å². The topological polar surface area (TPSA) is 76.1 Å². The van der Waals surface area contributed by atoms with Crippen molar-refractivity contribution >= 4 is 27.5 Å². The molecule has 2 heterocycles. The van der Waals surface area contributed by atoms with Crippen LogP contribution in [0.1, 0.15) is 28.8 Å². The molecule has 0 aliphatic carbocycles. The fourth-order valence-electron chi connectivity index (χ4n) is 3.77. The zero-order chi connectivity index (χ0) is 21.3. The summed E-state index contributed by atoms with van der Waals surface area (Å²) >= 11 is 6.13. The normalized spacial score (nSPS) is 17.2. The predicted molar refractivity (Wildman–Crippen MR) is 113 cm³/mol. The zero-order valence-corrected chi connectivity index (χ0v) is 18.2. The van der Waals surface area contributed by atoms with E-state index in [9.17, 15) is 13.2 Å². The van der Waals surface area contributed by atoms with Crippen molar-refractivity contribution in [3.63, 3.8) is 0 Å². The number of likely N-dealkylation sites (tertiary alicyclic amines) is 1. The summed E-state index contributed by atoms with van der Waals surface area (Å²) in [5.41, 5.74) is 1.21. The lowest BCUT2D eigenvalue weighted by Gasteiger charge is -2.20. The highest BCUT2D eigenvalue weighted by atomic mass is 35.5. The van der Waals surface area contributed by atoms with Gasteiger partial charge in [0.05, 0.1) is 17.0 Å². The number of fused-ring (bicyclic) bond motifs is 1. The molecular weight excluding hydrogens is 428 g/mol. The van der Waals surface area contributed by atoms with Crippen molar-refractivity contribution in [3.05, 3.63) is 52.5 Å². The van der Waals surface area contributed by atoms with Crippen LogP contribution in [0, 0.1) is 0 Å². The Morgan fingerprint density at radius 3 is 2.57 bits per heavy atom. The molecule has 0 atom stereocenters. The van der Waals surface area contributed by atoms with Gasteiger partial charge in [0.2, 0.25) is 10.0 Å². The summed E-state index contributed by atoms with van der Waals surface area (Å²) in [5, 5.41) is 0.226. The molecule has 0 spiro atoms. The molecule has 4 rings (SSSR count). The van der Waals surface area contributed by atoms with Gasteiger partial charge in [0, 0.05) is 37.3 Å². The summed E-state index contributed by atoms with van der Waals surface area (Å²) in [6.45, 7) is 2.03. The molecule has 0 aromatic heterocycles.